The van der Waals surface area contributed by atoms with Crippen LogP contribution >= 0.6 is 15.9 Å². The lowest BCUT2D eigenvalue weighted by molar-refractivity contribution is -0.137. The van der Waals surface area contributed by atoms with Crippen LogP contribution in [-0.2, 0) is 12.6 Å². The van der Waals surface area contributed by atoms with Crippen molar-refractivity contribution in [2.45, 2.75) is 12.6 Å². The Kier molecular flexibility index (Phi) is 4.23. The average molecular weight is 344 g/mol. The summed E-state index contributed by atoms with van der Waals surface area (Å²) < 4.78 is 38.0. The number of rotatable bonds is 3. The first kappa shape index (κ1) is 14.7. The Hall–Kier alpha value is -1.69. The number of benzene rings is 1. The molecule has 1 aromatic carbocycles. The number of carbonyl (C=O) groups is 1. The molecule has 0 aliphatic rings. The van der Waals surface area contributed by atoms with Gasteiger partial charge in [0.05, 0.1) is 12.0 Å². The van der Waals surface area contributed by atoms with E-state index in [1.54, 1.807) is 18.3 Å². The second kappa shape index (κ2) is 5.75. The molecule has 0 fully saturated rings. The van der Waals surface area contributed by atoms with Crippen LogP contribution in [0, 0.1) is 0 Å². The first-order chi connectivity index (χ1) is 9.36. The molecule has 0 amide bonds. The number of ketones is 1. The van der Waals surface area contributed by atoms with Crippen molar-refractivity contribution in [2.24, 2.45) is 0 Å². The molecular weight excluding hydrogens is 335 g/mol. The molecule has 0 aliphatic carbocycles. The van der Waals surface area contributed by atoms with Gasteiger partial charge in [0.2, 0.25) is 0 Å². The fourth-order valence-electron chi connectivity index (χ4n) is 1.62. The highest BCUT2D eigenvalue weighted by Gasteiger charge is 2.30. The molecule has 0 saturated carbocycles. The molecule has 104 valence electrons. The lowest BCUT2D eigenvalue weighted by Gasteiger charge is -2.07. The number of carbonyl (C=O) groups excluding carboxylic acids is 1. The van der Waals surface area contributed by atoms with E-state index in [2.05, 4.69) is 20.9 Å². The van der Waals surface area contributed by atoms with E-state index in [-0.39, 0.29) is 17.8 Å². The standard InChI is InChI=1S/C14H9BrF3NO/c15-11-5-6-12(19-8-11)7-13(20)9-1-3-10(4-2-9)14(16,17)18/h1-6,8H,7H2. The van der Waals surface area contributed by atoms with Gasteiger partial charge in [0.15, 0.2) is 5.78 Å². The van der Waals surface area contributed by atoms with E-state index in [4.69, 9.17) is 0 Å². The normalized spacial score (nSPS) is 11.4. The summed E-state index contributed by atoms with van der Waals surface area (Å²) in [6.45, 7) is 0. The minimum atomic E-state index is -4.39. The van der Waals surface area contributed by atoms with E-state index in [1.165, 1.54) is 12.1 Å². The van der Waals surface area contributed by atoms with E-state index in [1.807, 2.05) is 0 Å². The van der Waals surface area contributed by atoms with E-state index in [0.717, 1.165) is 16.6 Å². The summed E-state index contributed by atoms with van der Waals surface area (Å²) >= 11 is 3.23. The summed E-state index contributed by atoms with van der Waals surface area (Å²) in [6, 6.07) is 7.62. The van der Waals surface area contributed by atoms with Gasteiger partial charge in [-0.3, -0.25) is 9.78 Å². The van der Waals surface area contributed by atoms with Gasteiger partial charge < -0.3 is 0 Å². The summed E-state index contributed by atoms with van der Waals surface area (Å²) in [5.74, 6) is -0.270. The van der Waals surface area contributed by atoms with Crippen LogP contribution in [0.15, 0.2) is 47.1 Å². The number of halogens is 4. The van der Waals surface area contributed by atoms with Gasteiger partial charge >= 0.3 is 6.18 Å². The predicted molar refractivity (Wildman–Crippen MR) is 71.4 cm³/mol. The summed E-state index contributed by atoms with van der Waals surface area (Å²) in [4.78, 5) is 16.0. The van der Waals surface area contributed by atoms with Crippen LogP contribution < -0.4 is 0 Å². The highest BCUT2D eigenvalue weighted by molar-refractivity contribution is 9.10. The molecule has 0 unspecified atom stereocenters. The number of hydrogen-bond donors (Lipinski definition) is 0. The molecule has 2 rings (SSSR count). The van der Waals surface area contributed by atoms with Gasteiger partial charge in [0.25, 0.3) is 0 Å². The monoisotopic (exact) mass is 343 g/mol. The van der Waals surface area contributed by atoms with Crippen molar-refractivity contribution in [1.82, 2.24) is 4.98 Å². The Morgan fingerprint density at radius 1 is 1.10 bits per heavy atom. The number of pyridine rings is 1. The highest BCUT2D eigenvalue weighted by atomic mass is 79.9. The van der Waals surface area contributed by atoms with Gasteiger partial charge in [0, 0.05) is 21.9 Å². The topological polar surface area (TPSA) is 30.0 Å². The van der Waals surface area contributed by atoms with E-state index in [9.17, 15) is 18.0 Å². The largest absolute Gasteiger partial charge is 0.416 e. The van der Waals surface area contributed by atoms with Crippen LogP contribution in [0.2, 0.25) is 0 Å². The molecule has 20 heavy (non-hydrogen) atoms. The smallest absolute Gasteiger partial charge is 0.294 e. The fourth-order valence-corrected chi connectivity index (χ4v) is 1.86. The SMILES string of the molecule is O=C(Cc1ccc(Br)cn1)c1ccc(C(F)(F)F)cc1. The number of nitrogens with zero attached hydrogens (tertiary/aromatic N) is 1. The van der Waals surface area contributed by atoms with Crippen molar-refractivity contribution < 1.29 is 18.0 Å². The lowest BCUT2D eigenvalue weighted by atomic mass is 10.0. The molecule has 1 aromatic heterocycles. The Morgan fingerprint density at radius 3 is 2.25 bits per heavy atom. The average Bonchev–Trinajstić information content (AvgIpc) is 2.40. The molecule has 6 heteroatoms. The van der Waals surface area contributed by atoms with Gasteiger partial charge in [-0.15, -0.1) is 0 Å². The third kappa shape index (κ3) is 3.66. The van der Waals surface area contributed by atoms with Crippen molar-refractivity contribution in [3.8, 4) is 0 Å². The Balaban J connectivity index is 2.11. The van der Waals surface area contributed by atoms with Crippen LogP contribution in [0.3, 0.4) is 0 Å². The maximum absolute atomic E-state index is 12.4. The third-order valence-electron chi connectivity index (χ3n) is 2.66. The second-order valence-electron chi connectivity index (χ2n) is 4.14. The molecule has 0 N–H and O–H groups in total. The van der Waals surface area contributed by atoms with Crippen LogP contribution in [0.25, 0.3) is 0 Å². The van der Waals surface area contributed by atoms with Gasteiger partial charge in [-0.2, -0.15) is 13.2 Å². The third-order valence-corrected chi connectivity index (χ3v) is 3.13. The van der Waals surface area contributed by atoms with E-state index >= 15 is 0 Å². The van der Waals surface area contributed by atoms with Gasteiger partial charge in [-0.25, -0.2) is 0 Å². The predicted octanol–water partition coefficient (Wildman–Crippen LogP) is 4.29. The quantitative estimate of drug-likeness (QED) is 0.778. The van der Waals surface area contributed by atoms with Crippen LogP contribution in [0.1, 0.15) is 21.6 Å². The minimum absolute atomic E-state index is 0.0542. The summed E-state index contributed by atoms with van der Waals surface area (Å²) in [7, 11) is 0. The zero-order chi connectivity index (χ0) is 14.8. The first-order valence-electron chi connectivity index (χ1n) is 5.67. The first-order valence-corrected chi connectivity index (χ1v) is 6.46. The van der Waals surface area contributed by atoms with Gasteiger partial charge in [0.1, 0.15) is 0 Å². The van der Waals surface area contributed by atoms with E-state index < -0.39 is 11.7 Å². The summed E-state index contributed by atoms with van der Waals surface area (Å²) in [6.07, 6.45) is -2.77. The minimum Gasteiger partial charge on any atom is -0.294 e. The fraction of sp³-hybridized carbons (Fsp3) is 0.143. The number of Topliss-reactive ketones (excluding diaryl/α,β-unsaturated/α-hetero) is 1. The van der Waals surface area contributed by atoms with Crippen molar-refractivity contribution >= 4 is 21.7 Å². The lowest BCUT2D eigenvalue weighted by Crippen LogP contribution is -2.08. The Bertz CT molecular complexity index is 606. The number of alkyl halides is 3. The second-order valence-corrected chi connectivity index (χ2v) is 5.06. The van der Waals surface area contributed by atoms with Crippen molar-refractivity contribution in [3.63, 3.8) is 0 Å². The molecule has 0 radical (unpaired) electrons. The molecular formula is C14H9BrF3NO. The highest BCUT2D eigenvalue weighted by Crippen LogP contribution is 2.29. The number of aromatic nitrogens is 1. The maximum Gasteiger partial charge on any atom is 0.416 e. The summed E-state index contributed by atoms with van der Waals surface area (Å²) in [5.41, 5.74) is 0.0385. The van der Waals surface area contributed by atoms with Crippen LogP contribution in [-0.4, -0.2) is 10.8 Å². The van der Waals surface area contributed by atoms with Crippen LogP contribution in [0.5, 0.6) is 0 Å². The Labute approximate surface area is 121 Å². The summed E-state index contributed by atoms with van der Waals surface area (Å²) in [5, 5.41) is 0. The molecule has 1 heterocycles. The molecule has 0 spiro atoms. The van der Waals surface area contributed by atoms with Crippen LogP contribution in [0.4, 0.5) is 13.2 Å². The zero-order valence-corrected chi connectivity index (χ0v) is 11.7. The maximum atomic E-state index is 12.4. The van der Waals surface area contributed by atoms with E-state index in [0.29, 0.717) is 5.69 Å². The molecule has 0 aliphatic heterocycles. The van der Waals surface area contributed by atoms with Gasteiger partial charge in [-0.05, 0) is 40.2 Å². The molecule has 0 saturated heterocycles. The molecule has 0 bridgehead atoms. The molecule has 2 nitrogen and oxygen atoms in total. The van der Waals surface area contributed by atoms with Gasteiger partial charge in [-0.1, -0.05) is 12.1 Å². The zero-order valence-electron chi connectivity index (χ0n) is 10.1. The van der Waals surface area contributed by atoms with Crippen molar-refractivity contribution in [2.75, 3.05) is 0 Å². The van der Waals surface area contributed by atoms with Crippen molar-refractivity contribution in [1.29, 1.82) is 0 Å². The number of hydrogen-bond acceptors (Lipinski definition) is 2. The Morgan fingerprint density at radius 2 is 1.75 bits per heavy atom. The van der Waals surface area contributed by atoms with Crippen molar-refractivity contribution in [3.05, 3.63) is 63.9 Å². The molecule has 2 aromatic rings. The molecule has 0 atom stereocenters.